The van der Waals surface area contributed by atoms with Crippen molar-refractivity contribution >= 4 is 11.6 Å². The monoisotopic (exact) mass is 331 g/mol. The predicted molar refractivity (Wildman–Crippen MR) is 91.9 cm³/mol. The van der Waals surface area contributed by atoms with Gasteiger partial charge in [-0.15, -0.1) is 0 Å². The van der Waals surface area contributed by atoms with E-state index in [0.29, 0.717) is 23.6 Å². The number of aromatic nitrogens is 1. The zero-order chi connectivity index (χ0) is 16.8. The number of carbonyl (C=O) groups is 1. The summed E-state index contributed by atoms with van der Waals surface area (Å²) in [4.78, 5) is 27.5. The summed E-state index contributed by atoms with van der Waals surface area (Å²) in [6.45, 7) is 6.51. The molecule has 4 rings (SSSR count). The van der Waals surface area contributed by atoms with Gasteiger partial charge in [-0.25, -0.2) is 0 Å². The molecule has 3 atom stereocenters. The highest BCUT2D eigenvalue weighted by molar-refractivity contribution is 5.73. The molecule has 1 amide bonds. The lowest BCUT2D eigenvalue weighted by Crippen LogP contribution is -3.18. The number of carbonyl (C=O) groups excluding carboxylic acids is 1. The summed E-state index contributed by atoms with van der Waals surface area (Å²) in [6, 6.07) is 4.48. The molecule has 3 aliphatic rings. The number of nitrogens with two attached hydrogens (primary N) is 1. The smallest absolute Gasteiger partial charge is 0.273 e. The Bertz CT molecular complexity index is 705. The second-order valence-electron chi connectivity index (χ2n) is 7.77. The van der Waals surface area contributed by atoms with E-state index in [1.807, 2.05) is 9.47 Å². The molecule has 2 bridgehead atoms. The topological polar surface area (TPSA) is 72.8 Å². The van der Waals surface area contributed by atoms with Gasteiger partial charge in [0.15, 0.2) is 0 Å². The molecule has 2 saturated heterocycles. The molecule has 1 aromatic heterocycles. The van der Waals surface area contributed by atoms with Gasteiger partial charge >= 0.3 is 0 Å². The zero-order valence-corrected chi connectivity index (χ0v) is 14.3. The minimum absolute atomic E-state index is 0.0135. The Morgan fingerprint density at radius 1 is 1.25 bits per heavy atom. The second-order valence-corrected chi connectivity index (χ2v) is 7.77. The van der Waals surface area contributed by atoms with Gasteiger partial charge in [0.25, 0.3) is 5.56 Å². The molecule has 0 saturated carbocycles. The van der Waals surface area contributed by atoms with Crippen molar-refractivity contribution in [2.45, 2.75) is 44.7 Å². The molecule has 0 spiro atoms. The zero-order valence-electron chi connectivity index (χ0n) is 14.3. The number of quaternary nitrogens is 1. The fourth-order valence-electron chi connectivity index (χ4n) is 5.05. The summed E-state index contributed by atoms with van der Waals surface area (Å²) < 4.78 is 1.92. The van der Waals surface area contributed by atoms with Crippen molar-refractivity contribution in [2.75, 3.05) is 31.9 Å². The first-order chi connectivity index (χ1) is 11.5. The lowest BCUT2D eigenvalue weighted by atomic mass is 9.82. The van der Waals surface area contributed by atoms with E-state index in [-0.39, 0.29) is 11.5 Å². The van der Waals surface area contributed by atoms with Gasteiger partial charge < -0.3 is 20.1 Å². The normalized spacial score (nSPS) is 30.0. The Balaban J connectivity index is 1.50. The Morgan fingerprint density at radius 3 is 2.71 bits per heavy atom. The van der Waals surface area contributed by atoms with Crippen LogP contribution in [0.25, 0.3) is 0 Å². The summed E-state index contributed by atoms with van der Waals surface area (Å²) in [5, 5.41) is 0. The number of fused-ring (bicyclic) bond motifs is 4. The van der Waals surface area contributed by atoms with Crippen LogP contribution in [0.1, 0.15) is 37.8 Å². The average molecular weight is 331 g/mol. The first kappa shape index (κ1) is 15.7. The van der Waals surface area contributed by atoms with E-state index in [2.05, 4.69) is 6.07 Å². The fourth-order valence-corrected chi connectivity index (χ4v) is 5.05. The standard InChI is InChI=1S/C18H26N4O2/c1-12(23)20-6-4-15(5-7-20)21-9-13-8-14(11-21)17-3-2-16(19)18(24)22(17)10-13/h2-3,13-15H,4-11,19H2,1H3/p+1/t13-,14+/m0/s1. The van der Waals surface area contributed by atoms with E-state index < -0.39 is 0 Å². The van der Waals surface area contributed by atoms with Crippen molar-refractivity contribution in [2.24, 2.45) is 5.92 Å². The second kappa shape index (κ2) is 5.92. The average Bonchev–Trinajstić information content (AvgIpc) is 2.58. The quantitative estimate of drug-likeness (QED) is 0.725. The number of amides is 1. The van der Waals surface area contributed by atoms with Gasteiger partial charge in [-0.2, -0.15) is 0 Å². The van der Waals surface area contributed by atoms with Gasteiger partial charge in [-0.1, -0.05) is 0 Å². The molecular formula is C18H27N4O2+. The summed E-state index contributed by atoms with van der Waals surface area (Å²) in [5.41, 5.74) is 7.32. The van der Waals surface area contributed by atoms with Gasteiger partial charge in [-0.05, 0) is 18.6 Å². The van der Waals surface area contributed by atoms with Crippen LogP contribution in [0.4, 0.5) is 5.69 Å². The Kier molecular flexibility index (Phi) is 3.87. The minimum atomic E-state index is -0.0135. The maximum Gasteiger partial charge on any atom is 0.273 e. The van der Waals surface area contributed by atoms with Crippen molar-refractivity contribution in [3.63, 3.8) is 0 Å². The molecule has 0 radical (unpaired) electrons. The molecule has 130 valence electrons. The maximum atomic E-state index is 12.3. The number of anilines is 1. The van der Waals surface area contributed by atoms with Crippen molar-refractivity contribution in [1.29, 1.82) is 0 Å². The van der Waals surface area contributed by atoms with Crippen LogP contribution in [0.3, 0.4) is 0 Å². The first-order valence-electron chi connectivity index (χ1n) is 9.12. The largest absolute Gasteiger partial charge is 0.394 e. The minimum Gasteiger partial charge on any atom is -0.394 e. The van der Waals surface area contributed by atoms with Crippen molar-refractivity contribution in [1.82, 2.24) is 9.47 Å². The van der Waals surface area contributed by atoms with Gasteiger partial charge in [0, 0.05) is 56.9 Å². The van der Waals surface area contributed by atoms with E-state index in [4.69, 9.17) is 5.73 Å². The van der Waals surface area contributed by atoms with E-state index in [1.54, 1.807) is 17.9 Å². The molecule has 24 heavy (non-hydrogen) atoms. The highest BCUT2D eigenvalue weighted by Gasteiger charge is 2.40. The molecule has 1 unspecified atom stereocenters. The predicted octanol–water partition coefficient (Wildman–Crippen LogP) is -0.557. The van der Waals surface area contributed by atoms with Gasteiger partial charge in [0.05, 0.1) is 24.8 Å². The third-order valence-corrected chi connectivity index (χ3v) is 6.29. The number of hydrogen-bond acceptors (Lipinski definition) is 3. The van der Waals surface area contributed by atoms with E-state index in [0.717, 1.165) is 45.6 Å². The number of likely N-dealkylation sites (tertiary alicyclic amines) is 2. The van der Waals surface area contributed by atoms with Crippen LogP contribution in [0.15, 0.2) is 16.9 Å². The van der Waals surface area contributed by atoms with E-state index in [1.165, 1.54) is 12.1 Å². The number of nitrogens with one attached hydrogen (secondary N) is 1. The van der Waals surface area contributed by atoms with Crippen LogP contribution in [0.5, 0.6) is 0 Å². The Labute approximate surface area is 142 Å². The lowest BCUT2D eigenvalue weighted by molar-refractivity contribution is -0.937. The number of pyridine rings is 1. The van der Waals surface area contributed by atoms with Crippen LogP contribution < -0.4 is 16.2 Å². The summed E-state index contributed by atoms with van der Waals surface area (Å²) in [6.07, 6.45) is 3.39. The number of rotatable bonds is 1. The van der Waals surface area contributed by atoms with Crippen molar-refractivity contribution in [3.8, 4) is 0 Å². The van der Waals surface area contributed by atoms with E-state index in [9.17, 15) is 9.59 Å². The van der Waals surface area contributed by atoms with Crippen molar-refractivity contribution < 1.29 is 9.69 Å². The fraction of sp³-hybridized carbons (Fsp3) is 0.667. The van der Waals surface area contributed by atoms with Crippen LogP contribution in [-0.2, 0) is 11.3 Å². The van der Waals surface area contributed by atoms with Crippen LogP contribution in [-0.4, -0.2) is 47.6 Å². The van der Waals surface area contributed by atoms with Gasteiger partial charge in [0.1, 0.15) is 0 Å². The summed E-state index contributed by atoms with van der Waals surface area (Å²) in [7, 11) is 0. The van der Waals surface area contributed by atoms with Crippen LogP contribution in [0.2, 0.25) is 0 Å². The number of hydrogen-bond donors (Lipinski definition) is 2. The molecule has 0 aliphatic carbocycles. The SMILES string of the molecule is CC(=O)N1CCC([NH+]2C[C@@H]3C[C@H](C2)c2ccc(N)c(=O)n2C3)CC1. The molecule has 6 heteroatoms. The van der Waals surface area contributed by atoms with Crippen LogP contribution >= 0.6 is 0 Å². The molecule has 2 fully saturated rings. The molecule has 1 aromatic rings. The molecule has 3 N–H and O–H groups in total. The number of piperidine rings is 2. The van der Waals surface area contributed by atoms with Gasteiger partial charge in [0.2, 0.25) is 5.91 Å². The third-order valence-electron chi connectivity index (χ3n) is 6.29. The van der Waals surface area contributed by atoms with Crippen molar-refractivity contribution in [3.05, 3.63) is 28.2 Å². The highest BCUT2D eigenvalue weighted by Crippen LogP contribution is 2.31. The van der Waals surface area contributed by atoms with E-state index >= 15 is 0 Å². The number of nitrogen functional groups attached to an aromatic ring is 1. The summed E-state index contributed by atoms with van der Waals surface area (Å²) >= 11 is 0. The van der Waals surface area contributed by atoms with Gasteiger partial charge in [-0.3, -0.25) is 9.59 Å². The first-order valence-corrected chi connectivity index (χ1v) is 9.12. The van der Waals surface area contributed by atoms with Crippen LogP contribution in [0, 0.1) is 5.92 Å². The number of nitrogens with zero attached hydrogens (tertiary/aromatic N) is 2. The summed E-state index contributed by atoms with van der Waals surface area (Å²) in [5.74, 6) is 1.23. The molecule has 4 heterocycles. The molecular weight excluding hydrogens is 304 g/mol. The molecule has 0 aromatic carbocycles. The molecule has 6 nitrogen and oxygen atoms in total. The maximum absolute atomic E-state index is 12.3. The Hall–Kier alpha value is -1.82. The third kappa shape index (κ3) is 2.62. The highest BCUT2D eigenvalue weighted by atomic mass is 16.2. The Morgan fingerprint density at radius 2 is 2.00 bits per heavy atom. The molecule has 3 aliphatic heterocycles. The lowest BCUT2D eigenvalue weighted by Gasteiger charge is -2.45.